The van der Waals surface area contributed by atoms with Crippen LogP contribution in [0.2, 0.25) is 0 Å². The van der Waals surface area contributed by atoms with E-state index >= 15 is 0 Å². The lowest BCUT2D eigenvalue weighted by Gasteiger charge is -2.26. The molecule has 0 bridgehead atoms. The Morgan fingerprint density at radius 2 is 2.14 bits per heavy atom. The molecule has 1 heterocycles. The van der Waals surface area contributed by atoms with Crippen LogP contribution in [0.3, 0.4) is 0 Å². The number of carboxylic acids is 1. The van der Waals surface area contributed by atoms with Gasteiger partial charge in [0, 0.05) is 31.5 Å². The third-order valence-corrected chi connectivity index (χ3v) is 3.34. The van der Waals surface area contributed by atoms with Crippen LogP contribution in [0.15, 0.2) is 18.5 Å². The normalized spacial score (nSPS) is 12.2. The second-order valence-electron chi connectivity index (χ2n) is 5.25. The maximum absolute atomic E-state index is 12.2. The van der Waals surface area contributed by atoms with Gasteiger partial charge < -0.3 is 15.3 Å². The molecule has 0 aliphatic carbocycles. The van der Waals surface area contributed by atoms with Gasteiger partial charge in [0.05, 0.1) is 13.0 Å². The molecular weight excluding hydrogens is 272 g/mol. The molecule has 0 unspecified atom stereocenters. The zero-order valence-electron chi connectivity index (χ0n) is 12.8. The number of aromatic nitrogens is 2. The second-order valence-corrected chi connectivity index (χ2v) is 5.25. The minimum atomic E-state index is -0.909. The zero-order chi connectivity index (χ0) is 15.8. The van der Waals surface area contributed by atoms with Gasteiger partial charge in [-0.15, -0.1) is 0 Å². The average molecular weight is 296 g/mol. The second kappa shape index (κ2) is 8.28. The molecule has 0 saturated carbocycles. The van der Waals surface area contributed by atoms with Crippen LogP contribution in [0.5, 0.6) is 0 Å². The highest BCUT2D eigenvalue weighted by atomic mass is 16.4. The van der Waals surface area contributed by atoms with E-state index in [0.29, 0.717) is 19.6 Å². The Kier molecular flexibility index (Phi) is 6.71. The predicted molar refractivity (Wildman–Crippen MR) is 78.9 cm³/mol. The quantitative estimate of drug-likeness (QED) is 0.759. The molecule has 2 N–H and O–H groups in total. The van der Waals surface area contributed by atoms with Crippen molar-refractivity contribution in [2.45, 2.75) is 39.8 Å². The standard InChI is InChI=1S/C14H24N4O3/c1-4-17(8-9-18-7-5-6-15-18)14(21)16-12(11(2)3)10-13(19)20/h5-7,11-12H,4,8-10H2,1-3H3,(H,16,21)(H,19,20)/t12-/m1/s1. The van der Waals surface area contributed by atoms with E-state index < -0.39 is 5.97 Å². The Bertz CT molecular complexity index is 445. The van der Waals surface area contributed by atoms with Crippen molar-refractivity contribution in [1.82, 2.24) is 20.0 Å². The van der Waals surface area contributed by atoms with Crippen molar-refractivity contribution in [2.24, 2.45) is 5.92 Å². The van der Waals surface area contributed by atoms with E-state index in [1.807, 2.05) is 33.0 Å². The number of carbonyl (C=O) groups is 2. The van der Waals surface area contributed by atoms with E-state index in [2.05, 4.69) is 10.4 Å². The molecule has 0 aromatic carbocycles. The number of carboxylic acid groups (broad SMARTS) is 1. The highest BCUT2D eigenvalue weighted by Crippen LogP contribution is 2.07. The molecule has 7 nitrogen and oxygen atoms in total. The molecule has 1 aromatic heterocycles. The summed E-state index contributed by atoms with van der Waals surface area (Å²) in [5.74, 6) is -0.844. The van der Waals surface area contributed by atoms with E-state index in [9.17, 15) is 9.59 Å². The summed E-state index contributed by atoms with van der Waals surface area (Å²) in [5, 5.41) is 15.8. The van der Waals surface area contributed by atoms with Crippen LogP contribution < -0.4 is 5.32 Å². The van der Waals surface area contributed by atoms with Gasteiger partial charge in [-0.05, 0) is 18.9 Å². The van der Waals surface area contributed by atoms with Crippen molar-refractivity contribution in [3.05, 3.63) is 18.5 Å². The minimum Gasteiger partial charge on any atom is -0.481 e. The summed E-state index contributed by atoms with van der Waals surface area (Å²) in [5.41, 5.74) is 0. The summed E-state index contributed by atoms with van der Waals surface area (Å²) < 4.78 is 1.76. The first-order valence-electron chi connectivity index (χ1n) is 7.18. The number of hydrogen-bond donors (Lipinski definition) is 2. The average Bonchev–Trinajstić information content (AvgIpc) is 2.91. The van der Waals surface area contributed by atoms with Crippen LogP contribution in [0.4, 0.5) is 4.79 Å². The van der Waals surface area contributed by atoms with Gasteiger partial charge in [-0.2, -0.15) is 5.10 Å². The van der Waals surface area contributed by atoms with E-state index in [1.165, 1.54) is 0 Å². The lowest BCUT2D eigenvalue weighted by Crippen LogP contribution is -2.48. The Balaban J connectivity index is 2.54. The topological polar surface area (TPSA) is 87.5 Å². The number of hydrogen-bond acceptors (Lipinski definition) is 3. The molecule has 0 radical (unpaired) electrons. The first kappa shape index (κ1) is 17.0. The van der Waals surface area contributed by atoms with Gasteiger partial charge >= 0.3 is 12.0 Å². The highest BCUT2D eigenvalue weighted by Gasteiger charge is 2.21. The lowest BCUT2D eigenvalue weighted by molar-refractivity contribution is -0.137. The largest absolute Gasteiger partial charge is 0.481 e. The Morgan fingerprint density at radius 3 is 2.62 bits per heavy atom. The molecular formula is C14H24N4O3. The molecule has 2 amide bonds. The first-order valence-corrected chi connectivity index (χ1v) is 7.18. The molecule has 0 aliphatic rings. The van der Waals surface area contributed by atoms with Gasteiger partial charge in [0.1, 0.15) is 0 Å². The third-order valence-electron chi connectivity index (χ3n) is 3.34. The molecule has 0 fully saturated rings. The van der Waals surface area contributed by atoms with Crippen LogP contribution >= 0.6 is 0 Å². The van der Waals surface area contributed by atoms with Crippen molar-refractivity contribution < 1.29 is 14.7 Å². The molecule has 0 aliphatic heterocycles. The fraction of sp³-hybridized carbons (Fsp3) is 0.643. The SMILES string of the molecule is CCN(CCn1cccn1)C(=O)N[C@H](CC(=O)O)C(C)C. The molecule has 0 spiro atoms. The summed E-state index contributed by atoms with van der Waals surface area (Å²) in [4.78, 5) is 24.7. The smallest absolute Gasteiger partial charge is 0.317 e. The van der Waals surface area contributed by atoms with Crippen LogP contribution in [-0.2, 0) is 11.3 Å². The van der Waals surface area contributed by atoms with Crippen molar-refractivity contribution in [3.63, 3.8) is 0 Å². The van der Waals surface area contributed by atoms with Crippen LogP contribution in [0.25, 0.3) is 0 Å². The zero-order valence-corrected chi connectivity index (χ0v) is 12.8. The molecule has 118 valence electrons. The third kappa shape index (κ3) is 5.85. The Morgan fingerprint density at radius 1 is 1.43 bits per heavy atom. The maximum Gasteiger partial charge on any atom is 0.317 e. The Hall–Kier alpha value is -2.05. The van der Waals surface area contributed by atoms with E-state index in [-0.39, 0.29) is 24.4 Å². The van der Waals surface area contributed by atoms with Crippen molar-refractivity contribution in [2.75, 3.05) is 13.1 Å². The number of nitrogens with zero attached hydrogens (tertiary/aromatic N) is 3. The number of carbonyl (C=O) groups excluding carboxylic acids is 1. The van der Waals surface area contributed by atoms with Crippen molar-refractivity contribution in [1.29, 1.82) is 0 Å². The lowest BCUT2D eigenvalue weighted by atomic mass is 10.0. The van der Waals surface area contributed by atoms with Crippen LogP contribution in [0.1, 0.15) is 27.2 Å². The maximum atomic E-state index is 12.2. The number of rotatable bonds is 8. The number of urea groups is 1. The molecule has 1 aromatic rings. The van der Waals surface area contributed by atoms with Crippen molar-refractivity contribution in [3.8, 4) is 0 Å². The molecule has 0 saturated heterocycles. The summed E-state index contributed by atoms with van der Waals surface area (Å²) >= 11 is 0. The molecule has 1 rings (SSSR count). The van der Waals surface area contributed by atoms with Gasteiger partial charge in [-0.1, -0.05) is 13.8 Å². The van der Waals surface area contributed by atoms with Gasteiger partial charge in [0.25, 0.3) is 0 Å². The number of aliphatic carboxylic acids is 1. The Labute approximate surface area is 124 Å². The predicted octanol–water partition coefficient (Wildman–Crippen LogP) is 1.41. The van der Waals surface area contributed by atoms with Gasteiger partial charge in [-0.3, -0.25) is 9.48 Å². The summed E-state index contributed by atoms with van der Waals surface area (Å²) in [7, 11) is 0. The number of amides is 2. The molecule has 21 heavy (non-hydrogen) atoms. The highest BCUT2D eigenvalue weighted by molar-refractivity contribution is 5.76. The van der Waals surface area contributed by atoms with Crippen LogP contribution in [-0.4, -0.2) is 50.9 Å². The fourth-order valence-corrected chi connectivity index (χ4v) is 1.95. The van der Waals surface area contributed by atoms with E-state index in [1.54, 1.807) is 15.8 Å². The van der Waals surface area contributed by atoms with Crippen LogP contribution in [0, 0.1) is 5.92 Å². The molecule has 7 heteroatoms. The first-order chi connectivity index (χ1) is 9.93. The van der Waals surface area contributed by atoms with E-state index in [4.69, 9.17) is 5.11 Å². The van der Waals surface area contributed by atoms with Crippen molar-refractivity contribution >= 4 is 12.0 Å². The number of likely N-dealkylation sites (N-methyl/N-ethyl adjacent to an activating group) is 1. The minimum absolute atomic E-state index is 0.0647. The van der Waals surface area contributed by atoms with Gasteiger partial charge in [0.2, 0.25) is 0 Å². The van der Waals surface area contributed by atoms with Gasteiger partial charge in [0.15, 0.2) is 0 Å². The fourth-order valence-electron chi connectivity index (χ4n) is 1.95. The summed E-state index contributed by atoms with van der Waals surface area (Å²) in [6, 6.07) is 1.23. The monoisotopic (exact) mass is 296 g/mol. The summed E-state index contributed by atoms with van der Waals surface area (Å²) in [6.07, 6.45) is 3.46. The van der Waals surface area contributed by atoms with Gasteiger partial charge in [-0.25, -0.2) is 4.79 Å². The number of nitrogens with one attached hydrogen (secondary N) is 1. The summed E-state index contributed by atoms with van der Waals surface area (Å²) in [6.45, 7) is 7.39. The molecule has 1 atom stereocenters. The van der Waals surface area contributed by atoms with E-state index in [0.717, 1.165) is 0 Å².